The summed E-state index contributed by atoms with van der Waals surface area (Å²) in [5, 5.41) is 8.61. The second-order valence-corrected chi connectivity index (χ2v) is 9.21. The zero-order valence-electron chi connectivity index (χ0n) is 15.0. The zero-order valence-corrected chi connectivity index (χ0v) is 16.6. The predicted molar refractivity (Wildman–Crippen MR) is 101 cm³/mol. The minimum absolute atomic E-state index is 0.0395. The lowest BCUT2D eigenvalue weighted by Gasteiger charge is -2.21. The van der Waals surface area contributed by atoms with Crippen molar-refractivity contribution < 1.29 is 8.42 Å². The number of aryl methyl sites for hydroxylation is 1. The molecule has 0 bridgehead atoms. The summed E-state index contributed by atoms with van der Waals surface area (Å²) in [5.41, 5.74) is 3.11. The Balaban J connectivity index is 2.07. The van der Waals surface area contributed by atoms with Crippen LogP contribution in [0.1, 0.15) is 49.2 Å². The summed E-state index contributed by atoms with van der Waals surface area (Å²) >= 11 is 5.43. The van der Waals surface area contributed by atoms with Gasteiger partial charge in [0.25, 0.3) is 0 Å². The molecule has 24 heavy (non-hydrogen) atoms. The summed E-state index contributed by atoms with van der Waals surface area (Å²) in [6.45, 7) is 7.70. The number of unbranched alkanes of at least 4 members (excludes halogenated alkanes) is 1. The molecule has 0 spiro atoms. The lowest BCUT2D eigenvalue weighted by Crippen LogP contribution is -2.37. The Morgan fingerprint density at radius 2 is 2.17 bits per heavy atom. The molecule has 6 nitrogen and oxygen atoms in total. The second kappa shape index (κ2) is 7.82. The van der Waals surface area contributed by atoms with Gasteiger partial charge >= 0.3 is 0 Å². The molecule has 0 radical (unpaired) electrons. The third kappa shape index (κ3) is 4.47. The van der Waals surface area contributed by atoms with Crippen molar-refractivity contribution >= 4 is 27.2 Å². The first-order valence-electron chi connectivity index (χ1n) is 8.49. The molecule has 1 aromatic heterocycles. The van der Waals surface area contributed by atoms with Gasteiger partial charge in [-0.05, 0) is 38.9 Å². The second-order valence-electron chi connectivity index (χ2n) is 6.59. The molecule has 1 saturated heterocycles. The average molecular weight is 373 g/mol. The first-order valence-corrected chi connectivity index (χ1v) is 10.7. The Morgan fingerprint density at radius 1 is 1.46 bits per heavy atom. The molecule has 1 aliphatic rings. The lowest BCUT2D eigenvalue weighted by atomic mass is 10.2. The average Bonchev–Trinajstić information content (AvgIpc) is 3.01. The van der Waals surface area contributed by atoms with Gasteiger partial charge in [-0.25, -0.2) is 8.42 Å². The monoisotopic (exact) mass is 372 g/mol. The standard InChI is InChI=1S/C16H28N4O2S2/c1-5-6-8-17-16(23)19(4)10-15-12(2)18-20(13(15)3)14-7-9-24(21,22)11-14/h14H,5-11H2,1-4H3,(H,17,23)/t14-/m0/s1. The van der Waals surface area contributed by atoms with Gasteiger partial charge in [0.15, 0.2) is 14.9 Å². The van der Waals surface area contributed by atoms with Crippen molar-refractivity contribution in [2.45, 2.75) is 52.6 Å². The molecule has 8 heteroatoms. The van der Waals surface area contributed by atoms with E-state index in [9.17, 15) is 8.42 Å². The molecule has 2 heterocycles. The number of rotatable bonds is 6. The van der Waals surface area contributed by atoms with Crippen LogP contribution in [-0.4, -0.2) is 53.3 Å². The van der Waals surface area contributed by atoms with Crippen LogP contribution in [-0.2, 0) is 16.4 Å². The molecule has 0 aromatic carbocycles. The van der Waals surface area contributed by atoms with Crippen LogP contribution >= 0.6 is 12.2 Å². The fourth-order valence-corrected chi connectivity index (χ4v) is 4.92. The highest BCUT2D eigenvalue weighted by Crippen LogP contribution is 2.27. The van der Waals surface area contributed by atoms with Gasteiger partial charge in [-0.1, -0.05) is 13.3 Å². The molecule has 2 rings (SSSR count). The van der Waals surface area contributed by atoms with Crippen LogP contribution in [0.25, 0.3) is 0 Å². The van der Waals surface area contributed by atoms with Crippen molar-refractivity contribution in [3.63, 3.8) is 0 Å². The first-order chi connectivity index (χ1) is 11.2. The zero-order chi connectivity index (χ0) is 17.9. The fourth-order valence-electron chi connectivity index (χ4n) is 3.07. The van der Waals surface area contributed by atoms with Gasteiger partial charge in [-0.2, -0.15) is 5.10 Å². The van der Waals surface area contributed by atoms with Gasteiger partial charge in [0.05, 0.1) is 23.2 Å². The summed E-state index contributed by atoms with van der Waals surface area (Å²) in [4.78, 5) is 2.01. The molecule has 0 unspecified atom stereocenters. The van der Waals surface area contributed by atoms with E-state index < -0.39 is 9.84 Å². The molecular weight excluding hydrogens is 344 g/mol. The maximum atomic E-state index is 11.7. The third-order valence-corrected chi connectivity index (χ3v) is 6.78. The third-order valence-electron chi connectivity index (χ3n) is 4.58. The van der Waals surface area contributed by atoms with Crippen LogP contribution < -0.4 is 5.32 Å². The van der Waals surface area contributed by atoms with Crippen LogP contribution in [0, 0.1) is 13.8 Å². The Kier molecular flexibility index (Phi) is 6.25. The Hall–Kier alpha value is -1.15. The minimum Gasteiger partial charge on any atom is -0.363 e. The van der Waals surface area contributed by atoms with E-state index in [2.05, 4.69) is 17.3 Å². The van der Waals surface area contributed by atoms with E-state index in [1.165, 1.54) is 0 Å². The van der Waals surface area contributed by atoms with E-state index >= 15 is 0 Å². The molecule has 0 saturated carbocycles. The van der Waals surface area contributed by atoms with Gasteiger partial charge in [0.1, 0.15) is 0 Å². The van der Waals surface area contributed by atoms with Crippen LogP contribution in [0.3, 0.4) is 0 Å². The van der Waals surface area contributed by atoms with Crippen LogP contribution in [0.5, 0.6) is 0 Å². The number of hydrogen-bond donors (Lipinski definition) is 1. The largest absolute Gasteiger partial charge is 0.363 e. The number of nitrogens with one attached hydrogen (secondary N) is 1. The van der Waals surface area contributed by atoms with Crippen molar-refractivity contribution in [1.29, 1.82) is 0 Å². The number of thiocarbonyl (C=S) groups is 1. The van der Waals surface area contributed by atoms with E-state index in [1.807, 2.05) is 30.5 Å². The van der Waals surface area contributed by atoms with Crippen molar-refractivity contribution in [3.05, 3.63) is 17.0 Å². The van der Waals surface area contributed by atoms with Crippen molar-refractivity contribution in [3.8, 4) is 0 Å². The topological polar surface area (TPSA) is 67.2 Å². The van der Waals surface area contributed by atoms with Gasteiger partial charge in [-0.15, -0.1) is 0 Å². The molecule has 1 fully saturated rings. The van der Waals surface area contributed by atoms with Gasteiger partial charge in [0, 0.05) is 31.4 Å². The number of aromatic nitrogens is 2. The molecule has 1 N–H and O–H groups in total. The van der Waals surface area contributed by atoms with Gasteiger partial charge < -0.3 is 10.2 Å². The van der Waals surface area contributed by atoms with Crippen molar-refractivity contribution in [1.82, 2.24) is 20.0 Å². The molecular formula is C16H28N4O2S2. The highest BCUT2D eigenvalue weighted by atomic mass is 32.2. The highest BCUT2D eigenvalue weighted by Gasteiger charge is 2.31. The van der Waals surface area contributed by atoms with Crippen molar-refractivity contribution in [2.24, 2.45) is 0 Å². The summed E-state index contributed by atoms with van der Waals surface area (Å²) in [6, 6.07) is -0.0395. The molecule has 1 aromatic rings. The molecule has 0 aliphatic carbocycles. The van der Waals surface area contributed by atoms with Crippen LogP contribution in [0.2, 0.25) is 0 Å². The number of nitrogens with zero attached hydrogens (tertiary/aromatic N) is 3. The maximum Gasteiger partial charge on any atom is 0.168 e. The molecule has 1 aliphatic heterocycles. The number of sulfone groups is 1. The Labute approximate surface area is 150 Å². The summed E-state index contributed by atoms with van der Waals surface area (Å²) in [6.07, 6.45) is 2.88. The SMILES string of the molecule is CCCCNC(=S)N(C)Cc1c(C)nn([C@H]2CCS(=O)(=O)C2)c1C. The van der Waals surface area contributed by atoms with E-state index in [4.69, 9.17) is 12.2 Å². The minimum atomic E-state index is -2.92. The normalized spacial score (nSPS) is 19.4. The molecule has 136 valence electrons. The smallest absolute Gasteiger partial charge is 0.168 e. The summed E-state index contributed by atoms with van der Waals surface area (Å²) in [7, 11) is -0.946. The van der Waals surface area contributed by atoms with Gasteiger partial charge in [0.2, 0.25) is 0 Å². The molecule has 1 atom stereocenters. The van der Waals surface area contributed by atoms with Crippen LogP contribution in [0.15, 0.2) is 0 Å². The Morgan fingerprint density at radius 3 is 2.75 bits per heavy atom. The fraction of sp³-hybridized carbons (Fsp3) is 0.750. The number of hydrogen-bond acceptors (Lipinski definition) is 4. The van der Waals surface area contributed by atoms with Crippen LogP contribution in [0.4, 0.5) is 0 Å². The van der Waals surface area contributed by atoms with E-state index in [1.54, 1.807) is 0 Å². The highest BCUT2D eigenvalue weighted by molar-refractivity contribution is 7.91. The Bertz CT molecular complexity index is 697. The molecule has 0 amide bonds. The summed E-state index contributed by atoms with van der Waals surface area (Å²) in [5.74, 6) is 0.456. The lowest BCUT2D eigenvalue weighted by molar-refractivity contribution is 0.473. The van der Waals surface area contributed by atoms with Crippen molar-refractivity contribution in [2.75, 3.05) is 25.1 Å². The van der Waals surface area contributed by atoms with E-state index in [0.717, 1.165) is 41.5 Å². The maximum absolute atomic E-state index is 11.7. The quantitative estimate of drug-likeness (QED) is 0.608. The van der Waals surface area contributed by atoms with Gasteiger partial charge in [-0.3, -0.25) is 4.68 Å². The van der Waals surface area contributed by atoms with E-state index in [0.29, 0.717) is 13.0 Å². The van der Waals surface area contributed by atoms with E-state index in [-0.39, 0.29) is 17.5 Å². The predicted octanol–water partition coefficient (Wildman–Crippen LogP) is 1.97. The first kappa shape index (κ1) is 19.2. The summed E-state index contributed by atoms with van der Waals surface area (Å²) < 4.78 is 25.4.